The summed E-state index contributed by atoms with van der Waals surface area (Å²) in [6.07, 6.45) is 0.864. The second-order valence-electron chi connectivity index (χ2n) is 8.37. The van der Waals surface area contributed by atoms with Gasteiger partial charge in [-0.2, -0.15) is 5.10 Å². The zero-order valence-corrected chi connectivity index (χ0v) is 19.9. The van der Waals surface area contributed by atoms with E-state index in [2.05, 4.69) is 22.5 Å². The van der Waals surface area contributed by atoms with Crippen LogP contribution in [0, 0.1) is 19.7 Å². The van der Waals surface area contributed by atoms with Gasteiger partial charge in [0.25, 0.3) is 5.91 Å². The highest BCUT2D eigenvalue weighted by Crippen LogP contribution is 2.28. The summed E-state index contributed by atoms with van der Waals surface area (Å²) in [5, 5.41) is 9.75. The van der Waals surface area contributed by atoms with Crippen molar-refractivity contribution in [2.24, 2.45) is 0 Å². The van der Waals surface area contributed by atoms with E-state index in [4.69, 9.17) is 0 Å². The number of hydrogen-bond acceptors (Lipinski definition) is 3. The predicted molar refractivity (Wildman–Crippen MR) is 135 cm³/mol. The molecule has 0 atom stereocenters. The van der Waals surface area contributed by atoms with Gasteiger partial charge in [-0.15, -0.1) is 11.3 Å². The lowest BCUT2D eigenvalue weighted by Crippen LogP contribution is -2.18. The van der Waals surface area contributed by atoms with Gasteiger partial charge in [0.15, 0.2) is 0 Å². The first-order valence-corrected chi connectivity index (χ1v) is 12.1. The molecule has 7 heteroatoms. The maximum Gasteiger partial charge on any atom is 0.272 e. The second-order valence-corrected chi connectivity index (χ2v) is 9.32. The Kier molecular flexibility index (Phi) is 6.02. The van der Waals surface area contributed by atoms with Crippen LogP contribution in [-0.2, 0) is 19.5 Å². The fourth-order valence-corrected chi connectivity index (χ4v) is 5.13. The quantitative estimate of drug-likeness (QED) is 0.307. The number of thiophene rings is 1. The second kappa shape index (κ2) is 9.27. The lowest BCUT2D eigenvalue weighted by Gasteiger charge is -2.12. The third-order valence-electron chi connectivity index (χ3n) is 6.06. The van der Waals surface area contributed by atoms with Crippen LogP contribution in [0.3, 0.4) is 0 Å². The number of amides is 1. The summed E-state index contributed by atoms with van der Waals surface area (Å²) < 4.78 is 18.7. The molecule has 0 aliphatic heterocycles. The van der Waals surface area contributed by atoms with Crippen molar-refractivity contribution in [2.75, 3.05) is 5.32 Å². The van der Waals surface area contributed by atoms with E-state index in [9.17, 15) is 9.18 Å². The topological polar surface area (TPSA) is 51.9 Å². The lowest BCUT2D eigenvalue weighted by molar-refractivity contribution is 0.101. The molecule has 0 aliphatic rings. The average Bonchev–Trinajstić information content (AvgIpc) is 3.49. The van der Waals surface area contributed by atoms with Crippen molar-refractivity contribution in [1.29, 1.82) is 0 Å². The van der Waals surface area contributed by atoms with Gasteiger partial charge in [0.2, 0.25) is 0 Å². The van der Waals surface area contributed by atoms with E-state index in [1.165, 1.54) is 17.7 Å². The molecule has 1 N–H and O–H groups in total. The fourth-order valence-electron chi connectivity index (χ4n) is 4.31. The van der Waals surface area contributed by atoms with Crippen LogP contribution < -0.4 is 5.32 Å². The van der Waals surface area contributed by atoms with Gasteiger partial charge < -0.3 is 9.88 Å². The molecule has 2 aromatic carbocycles. The van der Waals surface area contributed by atoms with E-state index in [1.54, 1.807) is 17.4 Å². The van der Waals surface area contributed by atoms with Crippen LogP contribution in [0.15, 0.2) is 72.1 Å². The van der Waals surface area contributed by atoms with Crippen molar-refractivity contribution in [3.8, 4) is 0 Å². The molecule has 1 amide bonds. The van der Waals surface area contributed by atoms with E-state index in [0.29, 0.717) is 12.2 Å². The molecule has 0 aliphatic carbocycles. The van der Waals surface area contributed by atoms with E-state index < -0.39 is 0 Å². The summed E-state index contributed by atoms with van der Waals surface area (Å²) in [4.78, 5) is 13.4. The molecule has 0 saturated heterocycles. The van der Waals surface area contributed by atoms with Crippen LogP contribution in [0.4, 0.5) is 10.1 Å². The minimum atomic E-state index is -0.286. The molecule has 0 radical (unpaired) electrons. The van der Waals surface area contributed by atoms with Gasteiger partial charge >= 0.3 is 0 Å². The Balaban J connectivity index is 1.40. The summed E-state index contributed by atoms with van der Waals surface area (Å²) in [5.41, 5.74) is 6.00. The van der Waals surface area contributed by atoms with Crippen molar-refractivity contribution >= 4 is 33.1 Å². The summed E-state index contributed by atoms with van der Waals surface area (Å²) in [6.45, 7) is 5.03. The Labute approximate surface area is 201 Å². The molecule has 5 nitrogen and oxygen atoms in total. The van der Waals surface area contributed by atoms with E-state index in [-0.39, 0.29) is 11.7 Å². The third kappa shape index (κ3) is 4.39. The fraction of sp³-hybridized carbons (Fsp3) is 0.185. The SMILES string of the molecule is Cc1nn(CCc2ccccc2)c(C)c1NC(=O)c1cc2sccc2n1Cc1cccc(F)c1. The molecule has 0 spiro atoms. The smallest absolute Gasteiger partial charge is 0.272 e. The van der Waals surface area contributed by atoms with Gasteiger partial charge in [-0.25, -0.2) is 4.39 Å². The van der Waals surface area contributed by atoms with Crippen molar-refractivity contribution in [1.82, 2.24) is 14.3 Å². The molecule has 3 heterocycles. The van der Waals surface area contributed by atoms with Crippen molar-refractivity contribution < 1.29 is 9.18 Å². The molecule has 0 bridgehead atoms. The highest BCUT2D eigenvalue weighted by Gasteiger charge is 2.20. The number of aryl methyl sites for hydroxylation is 3. The van der Waals surface area contributed by atoms with Gasteiger partial charge in [0.05, 0.1) is 27.3 Å². The van der Waals surface area contributed by atoms with Gasteiger partial charge in [-0.05, 0) is 61.0 Å². The molecular weight excluding hydrogens is 447 g/mol. The molecule has 0 unspecified atom stereocenters. The number of carbonyl (C=O) groups is 1. The molecule has 5 rings (SSSR count). The normalized spacial score (nSPS) is 11.3. The maximum atomic E-state index is 13.8. The van der Waals surface area contributed by atoms with E-state index in [1.807, 2.05) is 64.9 Å². The van der Waals surface area contributed by atoms with Gasteiger partial charge in [0.1, 0.15) is 11.5 Å². The van der Waals surface area contributed by atoms with Crippen LogP contribution >= 0.6 is 11.3 Å². The Bertz CT molecular complexity index is 1460. The first kappa shape index (κ1) is 22.1. The number of fused-ring (bicyclic) bond motifs is 1. The van der Waals surface area contributed by atoms with Gasteiger partial charge in [-0.1, -0.05) is 42.5 Å². The Morgan fingerprint density at radius 1 is 1.03 bits per heavy atom. The molecule has 3 aromatic heterocycles. The number of nitrogens with one attached hydrogen (secondary N) is 1. The first-order chi connectivity index (χ1) is 16.5. The van der Waals surface area contributed by atoms with Crippen LogP contribution in [0.2, 0.25) is 0 Å². The number of nitrogens with zero attached hydrogens (tertiary/aromatic N) is 3. The van der Waals surface area contributed by atoms with Crippen molar-refractivity contribution in [3.05, 3.63) is 106 Å². The van der Waals surface area contributed by atoms with E-state index in [0.717, 1.165) is 45.8 Å². The van der Waals surface area contributed by atoms with Crippen LogP contribution in [0.1, 0.15) is 33.0 Å². The highest BCUT2D eigenvalue weighted by molar-refractivity contribution is 7.17. The summed E-state index contributed by atoms with van der Waals surface area (Å²) >= 11 is 1.58. The average molecular weight is 473 g/mol. The Morgan fingerprint density at radius 2 is 1.82 bits per heavy atom. The monoisotopic (exact) mass is 472 g/mol. The largest absolute Gasteiger partial charge is 0.331 e. The van der Waals surface area contributed by atoms with Gasteiger partial charge in [0, 0.05) is 13.1 Å². The molecule has 0 fully saturated rings. The number of aromatic nitrogens is 3. The van der Waals surface area contributed by atoms with Crippen molar-refractivity contribution in [2.45, 2.75) is 33.4 Å². The van der Waals surface area contributed by atoms with Crippen molar-refractivity contribution in [3.63, 3.8) is 0 Å². The molecule has 172 valence electrons. The van der Waals surface area contributed by atoms with Crippen LogP contribution in [0.25, 0.3) is 10.2 Å². The van der Waals surface area contributed by atoms with Crippen LogP contribution in [-0.4, -0.2) is 20.3 Å². The molecular formula is C27H25FN4OS. The molecule has 5 aromatic rings. The standard InChI is InChI=1S/C27H25FN4OS/c1-18-26(19(2)32(30-18)13-11-20-7-4-3-5-8-20)29-27(33)24-16-25-23(12-14-34-25)31(24)17-21-9-6-10-22(28)15-21/h3-10,12,14-16H,11,13,17H2,1-2H3,(H,29,33). The number of carbonyl (C=O) groups excluding carboxylic acids is 1. The summed E-state index contributed by atoms with van der Waals surface area (Å²) in [5.74, 6) is -0.486. The highest BCUT2D eigenvalue weighted by atomic mass is 32.1. The number of halogens is 1. The Morgan fingerprint density at radius 3 is 2.62 bits per heavy atom. The molecule has 0 saturated carbocycles. The predicted octanol–water partition coefficient (Wildman–Crippen LogP) is 6.20. The summed E-state index contributed by atoms with van der Waals surface area (Å²) in [7, 11) is 0. The summed E-state index contributed by atoms with van der Waals surface area (Å²) in [6, 6.07) is 20.7. The van der Waals surface area contributed by atoms with E-state index >= 15 is 0 Å². The lowest BCUT2D eigenvalue weighted by atomic mass is 10.1. The zero-order valence-electron chi connectivity index (χ0n) is 19.1. The Hall–Kier alpha value is -3.71. The minimum absolute atomic E-state index is 0.200. The number of hydrogen-bond donors (Lipinski definition) is 1. The zero-order chi connectivity index (χ0) is 23.7. The molecule has 34 heavy (non-hydrogen) atoms. The first-order valence-electron chi connectivity index (χ1n) is 11.2. The third-order valence-corrected chi connectivity index (χ3v) is 6.91. The number of anilines is 1. The van der Waals surface area contributed by atoms with Gasteiger partial charge in [-0.3, -0.25) is 9.48 Å². The maximum absolute atomic E-state index is 13.8. The minimum Gasteiger partial charge on any atom is -0.331 e. The number of rotatable bonds is 7. The van der Waals surface area contributed by atoms with Crippen LogP contribution in [0.5, 0.6) is 0 Å². The number of benzene rings is 2.